The summed E-state index contributed by atoms with van der Waals surface area (Å²) in [4.78, 5) is 50.5. The van der Waals surface area contributed by atoms with Crippen molar-refractivity contribution in [1.29, 1.82) is 0 Å². The van der Waals surface area contributed by atoms with Crippen LogP contribution in [-0.4, -0.2) is 130 Å². The van der Waals surface area contributed by atoms with Crippen LogP contribution in [0.5, 0.6) is 0 Å². The van der Waals surface area contributed by atoms with Crippen LogP contribution in [-0.2, 0) is 19.1 Å². The Morgan fingerprint density at radius 2 is 1.88 bits per heavy atom. The van der Waals surface area contributed by atoms with E-state index in [1.54, 1.807) is 40.8 Å². The molecule has 1 N–H and O–H groups in total. The normalized spacial score (nSPS) is 33.0. The van der Waals surface area contributed by atoms with E-state index in [1.807, 2.05) is 18.7 Å². The van der Waals surface area contributed by atoms with Crippen molar-refractivity contribution < 1.29 is 24.2 Å². The van der Waals surface area contributed by atoms with Crippen molar-refractivity contribution in [2.24, 2.45) is 17.8 Å². The lowest BCUT2D eigenvalue weighted by Gasteiger charge is -2.41. The first-order chi connectivity index (χ1) is 19.1. The van der Waals surface area contributed by atoms with Crippen molar-refractivity contribution in [2.45, 2.75) is 61.6 Å². The number of morpholine rings is 1. The molecule has 7 atom stereocenters. The molecule has 0 aromatic rings. The molecule has 4 heterocycles. The first-order valence-corrected chi connectivity index (χ1v) is 15.6. The van der Waals surface area contributed by atoms with Gasteiger partial charge in [-0.2, -0.15) is 0 Å². The third-order valence-corrected chi connectivity index (χ3v) is 11.8. The van der Waals surface area contributed by atoms with E-state index in [2.05, 4.69) is 25.0 Å². The minimum Gasteiger partial charge on any atom is -0.394 e. The number of fused-ring (bicyclic) bond motifs is 1. The highest BCUT2D eigenvalue weighted by Gasteiger charge is 2.78. The van der Waals surface area contributed by atoms with Gasteiger partial charge in [0.25, 0.3) is 0 Å². The van der Waals surface area contributed by atoms with E-state index in [1.165, 1.54) is 0 Å². The predicted octanol–water partition coefficient (Wildman–Crippen LogP) is 1.87. The average molecular weight is 577 g/mol. The summed E-state index contributed by atoms with van der Waals surface area (Å²) < 4.78 is 4.34. The highest BCUT2D eigenvalue weighted by molar-refractivity contribution is 8.02. The summed E-state index contributed by atoms with van der Waals surface area (Å²) in [6.45, 7) is 18.7. The molecule has 0 radical (unpaired) electrons. The molecule has 224 valence electrons. The molecular formula is C30H48N4O5S. The summed E-state index contributed by atoms with van der Waals surface area (Å²) in [5.74, 6) is -1.46. The number of rotatable bonds is 13. The number of hydrogen-bond donors (Lipinski definition) is 1. The van der Waals surface area contributed by atoms with Crippen LogP contribution in [0.3, 0.4) is 0 Å². The fourth-order valence-corrected chi connectivity index (χ4v) is 9.75. The van der Waals surface area contributed by atoms with Crippen molar-refractivity contribution in [2.75, 3.05) is 66.1 Å². The fourth-order valence-electron chi connectivity index (χ4n) is 7.42. The molecule has 3 amide bonds. The Labute approximate surface area is 243 Å². The molecule has 9 nitrogen and oxygen atoms in total. The molecular weight excluding hydrogens is 528 g/mol. The summed E-state index contributed by atoms with van der Waals surface area (Å²) in [7, 11) is 1.75. The SMILES string of the molecule is C=CCN(C)C(=O)[C@@H]1[C@H]2C(=O)N([C@@H](CO)[C@@H](C)CC)C(C(=O)N(CC=C)CCN3CCOCC3)C23CC[C@@]1(C)S3. The Kier molecular flexibility index (Phi) is 9.75. The maximum absolute atomic E-state index is 14.7. The van der Waals surface area contributed by atoms with Crippen LogP contribution in [0, 0.1) is 17.8 Å². The molecule has 0 aromatic heterocycles. The van der Waals surface area contributed by atoms with Gasteiger partial charge >= 0.3 is 0 Å². The lowest BCUT2D eigenvalue weighted by molar-refractivity contribution is -0.148. The Hall–Kier alpha value is -1.88. The number of aliphatic hydroxyl groups is 1. The van der Waals surface area contributed by atoms with Crippen LogP contribution in [0.4, 0.5) is 0 Å². The van der Waals surface area contributed by atoms with Crippen LogP contribution in [0.25, 0.3) is 0 Å². The fraction of sp³-hybridized carbons (Fsp3) is 0.767. The Morgan fingerprint density at radius 1 is 1.20 bits per heavy atom. The summed E-state index contributed by atoms with van der Waals surface area (Å²) in [5.41, 5.74) is 0. The quantitative estimate of drug-likeness (QED) is 0.335. The van der Waals surface area contributed by atoms with Gasteiger partial charge in [0.2, 0.25) is 17.7 Å². The maximum Gasteiger partial charge on any atom is 0.247 e. The van der Waals surface area contributed by atoms with Crippen molar-refractivity contribution in [3.63, 3.8) is 0 Å². The van der Waals surface area contributed by atoms with Crippen LogP contribution in [0.2, 0.25) is 0 Å². The lowest BCUT2D eigenvalue weighted by atomic mass is 9.66. The number of carbonyl (C=O) groups excluding carboxylic acids is 3. The van der Waals surface area contributed by atoms with E-state index >= 15 is 0 Å². The number of carbonyl (C=O) groups is 3. The van der Waals surface area contributed by atoms with E-state index in [9.17, 15) is 19.5 Å². The smallest absolute Gasteiger partial charge is 0.247 e. The second kappa shape index (κ2) is 12.5. The van der Waals surface area contributed by atoms with Gasteiger partial charge in [-0.25, -0.2) is 0 Å². The highest BCUT2D eigenvalue weighted by Crippen LogP contribution is 2.72. The summed E-state index contributed by atoms with van der Waals surface area (Å²) in [5, 5.41) is 10.6. The number of likely N-dealkylation sites (tertiary alicyclic amines) is 1. The monoisotopic (exact) mass is 576 g/mol. The second-order valence-electron chi connectivity index (χ2n) is 12.1. The molecule has 1 spiro atoms. The van der Waals surface area contributed by atoms with Gasteiger partial charge in [-0.05, 0) is 25.7 Å². The van der Waals surface area contributed by atoms with Gasteiger partial charge in [-0.15, -0.1) is 24.9 Å². The Balaban J connectivity index is 1.74. The van der Waals surface area contributed by atoms with Crippen LogP contribution < -0.4 is 0 Å². The van der Waals surface area contributed by atoms with Gasteiger partial charge in [-0.3, -0.25) is 19.3 Å². The molecule has 10 heteroatoms. The number of likely N-dealkylation sites (N-methyl/N-ethyl adjacent to an activating group) is 1. The number of aliphatic hydroxyl groups excluding tert-OH is 1. The zero-order valence-electron chi connectivity index (χ0n) is 24.7. The molecule has 0 aliphatic carbocycles. The topological polar surface area (TPSA) is 93.6 Å². The number of hydrogen-bond acceptors (Lipinski definition) is 7. The lowest BCUT2D eigenvalue weighted by Crippen LogP contribution is -2.59. The first kappa shape index (κ1) is 31.1. The number of ether oxygens (including phenoxy) is 1. The minimum atomic E-state index is -0.741. The summed E-state index contributed by atoms with van der Waals surface area (Å²) >= 11 is 1.68. The van der Waals surface area contributed by atoms with Gasteiger partial charge < -0.3 is 24.5 Å². The van der Waals surface area contributed by atoms with E-state index in [0.717, 1.165) is 25.9 Å². The van der Waals surface area contributed by atoms with Crippen molar-refractivity contribution in [3.05, 3.63) is 25.3 Å². The summed E-state index contributed by atoms with van der Waals surface area (Å²) in [6.07, 6.45) is 5.65. The van der Waals surface area contributed by atoms with Crippen LogP contribution in [0.15, 0.2) is 25.3 Å². The van der Waals surface area contributed by atoms with Gasteiger partial charge in [0.1, 0.15) is 6.04 Å². The largest absolute Gasteiger partial charge is 0.394 e. The maximum atomic E-state index is 14.7. The molecule has 0 saturated carbocycles. The minimum absolute atomic E-state index is 0.00365. The van der Waals surface area contributed by atoms with Gasteiger partial charge in [-0.1, -0.05) is 32.4 Å². The zero-order chi connectivity index (χ0) is 29.2. The average Bonchev–Trinajstić information content (AvgIpc) is 3.52. The summed E-state index contributed by atoms with van der Waals surface area (Å²) in [6, 6.07) is -1.24. The molecule has 4 aliphatic heterocycles. The Morgan fingerprint density at radius 3 is 2.48 bits per heavy atom. The molecule has 4 saturated heterocycles. The van der Waals surface area contributed by atoms with Crippen LogP contribution in [0.1, 0.15) is 40.0 Å². The molecule has 40 heavy (non-hydrogen) atoms. The van der Waals surface area contributed by atoms with Crippen molar-refractivity contribution in [3.8, 4) is 0 Å². The Bertz CT molecular complexity index is 989. The van der Waals surface area contributed by atoms with E-state index in [-0.39, 0.29) is 30.2 Å². The molecule has 2 unspecified atom stereocenters. The van der Waals surface area contributed by atoms with E-state index in [4.69, 9.17) is 4.74 Å². The standard InChI is InChI=1S/C30H48N4O5S/c1-7-12-31(6)26(36)23-24-27(37)34(22(20-35)21(4)9-3)25(30(24)11-10-29(23,5)40-30)28(38)33(13-8-2)15-14-32-16-18-39-19-17-32/h7-8,21-25,35H,1-2,9-20H2,3-6H3/t21-,22-,23-,24-,25?,29+,30?/m0/s1. The van der Waals surface area contributed by atoms with Crippen molar-refractivity contribution >= 4 is 29.5 Å². The molecule has 4 rings (SSSR count). The first-order valence-electron chi connectivity index (χ1n) is 14.8. The second-order valence-corrected chi connectivity index (χ2v) is 14.0. The third kappa shape index (κ3) is 5.25. The number of amides is 3. The third-order valence-electron chi connectivity index (χ3n) is 9.79. The highest BCUT2D eigenvalue weighted by atomic mass is 32.2. The van der Waals surface area contributed by atoms with E-state index < -0.39 is 33.4 Å². The van der Waals surface area contributed by atoms with Gasteiger partial charge in [0, 0.05) is 51.1 Å². The molecule has 2 bridgehead atoms. The van der Waals surface area contributed by atoms with Crippen LogP contribution >= 0.6 is 11.8 Å². The van der Waals surface area contributed by atoms with Gasteiger partial charge in [0.15, 0.2) is 0 Å². The van der Waals surface area contributed by atoms with Crippen molar-refractivity contribution in [1.82, 2.24) is 19.6 Å². The number of thioether (sulfide) groups is 1. The molecule has 0 aromatic carbocycles. The van der Waals surface area contributed by atoms with Gasteiger partial charge in [0.05, 0.1) is 42.4 Å². The zero-order valence-corrected chi connectivity index (χ0v) is 25.5. The molecule has 4 fully saturated rings. The van der Waals surface area contributed by atoms with E-state index in [0.29, 0.717) is 45.8 Å². The predicted molar refractivity (Wildman–Crippen MR) is 158 cm³/mol. The molecule has 4 aliphatic rings. The number of nitrogens with zero attached hydrogens (tertiary/aromatic N) is 4.